The van der Waals surface area contributed by atoms with Crippen molar-refractivity contribution in [2.24, 2.45) is 0 Å². The number of fused-ring (bicyclic) bond motifs is 2. The molecule has 1 aliphatic heterocycles. The number of amides is 1. The lowest BCUT2D eigenvalue weighted by atomic mass is 10.0. The summed E-state index contributed by atoms with van der Waals surface area (Å²) in [4.78, 5) is 15.2. The fraction of sp³-hybridized carbons (Fsp3) is 0. The van der Waals surface area contributed by atoms with E-state index >= 15 is 0 Å². The Morgan fingerprint density at radius 1 is 1.09 bits per heavy atom. The molecule has 0 aliphatic carbocycles. The van der Waals surface area contributed by atoms with Crippen LogP contribution in [0.15, 0.2) is 42.6 Å². The highest BCUT2D eigenvalue weighted by Gasteiger charge is 2.28. The van der Waals surface area contributed by atoms with E-state index < -0.39 is 17.5 Å². The van der Waals surface area contributed by atoms with Crippen molar-refractivity contribution in [3.05, 3.63) is 65.4 Å². The van der Waals surface area contributed by atoms with Crippen LogP contribution >= 0.6 is 0 Å². The summed E-state index contributed by atoms with van der Waals surface area (Å²) in [5.41, 5.74) is 2.24. The minimum atomic E-state index is -0.773. The van der Waals surface area contributed by atoms with E-state index in [0.29, 0.717) is 0 Å². The Labute approximate surface area is 124 Å². The second kappa shape index (κ2) is 4.53. The van der Waals surface area contributed by atoms with Gasteiger partial charge in [0.05, 0.1) is 5.69 Å². The molecule has 1 aliphatic rings. The number of halogens is 2. The zero-order chi connectivity index (χ0) is 15.3. The number of benzene rings is 2. The lowest BCUT2D eigenvalue weighted by molar-refractivity contribution is -0.110. The van der Waals surface area contributed by atoms with E-state index in [1.54, 1.807) is 12.3 Å². The van der Waals surface area contributed by atoms with Crippen LogP contribution in [0.4, 0.5) is 14.5 Å². The highest BCUT2D eigenvalue weighted by Crippen LogP contribution is 2.36. The van der Waals surface area contributed by atoms with Gasteiger partial charge in [0.25, 0.3) is 5.91 Å². The Morgan fingerprint density at radius 2 is 1.91 bits per heavy atom. The molecule has 3 nitrogen and oxygen atoms in total. The zero-order valence-corrected chi connectivity index (χ0v) is 11.3. The molecule has 22 heavy (non-hydrogen) atoms. The van der Waals surface area contributed by atoms with Gasteiger partial charge < -0.3 is 10.3 Å². The van der Waals surface area contributed by atoms with Gasteiger partial charge in [0, 0.05) is 39.9 Å². The molecule has 1 aromatic heterocycles. The van der Waals surface area contributed by atoms with Gasteiger partial charge in [0.2, 0.25) is 0 Å². The summed E-state index contributed by atoms with van der Waals surface area (Å²) in [5.74, 6) is -1.92. The molecular weight excluding hydrogens is 286 g/mol. The summed E-state index contributed by atoms with van der Waals surface area (Å²) in [6.07, 6.45) is 3.40. The summed E-state index contributed by atoms with van der Waals surface area (Å²) >= 11 is 0. The van der Waals surface area contributed by atoms with Crippen LogP contribution in [-0.2, 0) is 4.79 Å². The van der Waals surface area contributed by atoms with Crippen molar-refractivity contribution < 1.29 is 13.6 Å². The largest absolute Gasteiger partial charge is 0.361 e. The number of carbonyl (C=O) groups is 1. The Morgan fingerprint density at radius 3 is 2.77 bits per heavy atom. The third-order valence-electron chi connectivity index (χ3n) is 3.75. The molecule has 0 fully saturated rings. The molecule has 0 bridgehead atoms. The number of hydrogen-bond acceptors (Lipinski definition) is 1. The van der Waals surface area contributed by atoms with Gasteiger partial charge in [-0.15, -0.1) is 0 Å². The van der Waals surface area contributed by atoms with Crippen LogP contribution in [0.1, 0.15) is 11.1 Å². The number of aromatic amines is 1. The molecule has 2 heterocycles. The first-order chi connectivity index (χ1) is 10.6. The van der Waals surface area contributed by atoms with Crippen molar-refractivity contribution in [2.45, 2.75) is 0 Å². The van der Waals surface area contributed by atoms with Gasteiger partial charge in [0.15, 0.2) is 0 Å². The summed E-state index contributed by atoms with van der Waals surface area (Å²) < 4.78 is 27.2. The van der Waals surface area contributed by atoms with Crippen molar-refractivity contribution in [1.29, 1.82) is 0 Å². The molecule has 0 unspecified atom stereocenters. The smallest absolute Gasteiger partial charge is 0.256 e. The predicted octanol–water partition coefficient (Wildman–Crippen LogP) is 3.94. The van der Waals surface area contributed by atoms with Crippen LogP contribution in [0.2, 0.25) is 0 Å². The van der Waals surface area contributed by atoms with Crippen LogP contribution in [0, 0.1) is 11.6 Å². The second-order valence-corrected chi connectivity index (χ2v) is 5.11. The maximum Gasteiger partial charge on any atom is 0.256 e. The summed E-state index contributed by atoms with van der Waals surface area (Å²) in [7, 11) is 0. The molecule has 0 saturated carbocycles. The average Bonchev–Trinajstić information content (AvgIpc) is 3.03. The van der Waals surface area contributed by atoms with Gasteiger partial charge in [-0.05, 0) is 18.2 Å². The standard InChI is InChI=1S/C17H10F2N2O/c18-10-6-12-13(17(22)21-16(12)14(19)7-10)5-9-8-20-15-4-2-1-3-11(9)15/h1-8,20H,(H,21,22). The number of anilines is 1. The van der Waals surface area contributed by atoms with Crippen molar-refractivity contribution >= 4 is 34.1 Å². The van der Waals surface area contributed by atoms with Crippen LogP contribution < -0.4 is 5.32 Å². The first-order valence-corrected chi connectivity index (χ1v) is 6.72. The van der Waals surface area contributed by atoms with Crippen molar-refractivity contribution in [3.63, 3.8) is 0 Å². The Hall–Kier alpha value is -2.95. The molecule has 0 radical (unpaired) electrons. The maximum atomic E-state index is 13.7. The Balaban J connectivity index is 1.92. The van der Waals surface area contributed by atoms with E-state index in [0.717, 1.165) is 28.6 Å². The molecular formula is C17H10F2N2O. The van der Waals surface area contributed by atoms with Crippen LogP contribution in [-0.4, -0.2) is 10.9 Å². The quantitative estimate of drug-likeness (QED) is 0.656. The molecule has 1 amide bonds. The van der Waals surface area contributed by atoms with E-state index in [1.165, 1.54) is 0 Å². The molecule has 0 saturated heterocycles. The van der Waals surface area contributed by atoms with Crippen LogP contribution in [0.5, 0.6) is 0 Å². The Kier molecular flexibility index (Phi) is 2.63. The lowest BCUT2D eigenvalue weighted by Crippen LogP contribution is -2.04. The van der Waals surface area contributed by atoms with E-state index in [4.69, 9.17) is 0 Å². The Bertz CT molecular complexity index is 956. The molecule has 0 atom stereocenters. The van der Waals surface area contributed by atoms with E-state index in [9.17, 15) is 13.6 Å². The first kappa shape index (κ1) is 12.8. The molecule has 3 aromatic rings. The third-order valence-corrected chi connectivity index (χ3v) is 3.75. The van der Waals surface area contributed by atoms with Crippen LogP contribution in [0.3, 0.4) is 0 Å². The number of hydrogen-bond donors (Lipinski definition) is 2. The third kappa shape index (κ3) is 1.83. The summed E-state index contributed by atoms with van der Waals surface area (Å²) in [5, 5.41) is 3.38. The van der Waals surface area contributed by atoms with Gasteiger partial charge in [-0.2, -0.15) is 0 Å². The molecule has 2 N–H and O–H groups in total. The molecule has 5 heteroatoms. The van der Waals surface area contributed by atoms with E-state index in [2.05, 4.69) is 10.3 Å². The summed E-state index contributed by atoms with van der Waals surface area (Å²) in [6, 6.07) is 9.54. The fourth-order valence-electron chi connectivity index (χ4n) is 2.73. The monoisotopic (exact) mass is 296 g/mol. The minimum absolute atomic E-state index is 0.0255. The van der Waals surface area contributed by atoms with Crippen molar-refractivity contribution in [1.82, 2.24) is 4.98 Å². The number of nitrogens with one attached hydrogen (secondary N) is 2. The predicted molar refractivity (Wildman–Crippen MR) is 81.2 cm³/mol. The average molecular weight is 296 g/mol. The van der Waals surface area contributed by atoms with E-state index in [1.807, 2.05) is 24.3 Å². The molecule has 108 valence electrons. The second-order valence-electron chi connectivity index (χ2n) is 5.11. The maximum absolute atomic E-state index is 13.7. The number of H-pyrrole nitrogens is 1. The van der Waals surface area contributed by atoms with Gasteiger partial charge in [-0.25, -0.2) is 8.78 Å². The highest BCUT2D eigenvalue weighted by molar-refractivity contribution is 6.35. The number of para-hydroxylation sites is 1. The highest BCUT2D eigenvalue weighted by atomic mass is 19.1. The lowest BCUT2D eigenvalue weighted by Gasteiger charge is -2.00. The SMILES string of the molecule is O=C1Nc2c(F)cc(F)cc2C1=Cc1c[nH]c2ccccc12. The van der Waals surface area contributed by atoms with E-state index in [-0.39, 0.29) is 16.8 Å². The number of aromatic nitrogens is 1. The zero-order valence-electron chi connectivity index (χ0n) is 11.3. The minimum Gasteiger partial charge on any atom is -0.361 e. The summed E-state index contributed by atoms with van der Waals surface area (Å²) in [6.45, 7) is 0. The topological polar surface area (TPSA) is 44.9 Å². The fourth-order valence-corrected chi connectivity index (χ4v) is 2.73. The van der Waals surface area contributed by atoms with Gasteiger partial charge in [0.1, 0.15) is 11.6 Å². The van der Waals surface area contributed by atoms with Gasteiger partial charge in [-0.1, -0.05) is 18.2 Å². The number of rotatable bonds is 1. The molecule has 2 aromatic carbocycles. The van der Waals surface area contributed by atoms with Gasteiger partial charge >= 0.3 is 0 Å². The van der Waals surface area contributed by atoms with Gasteiger partial charge in [-0.3, -0.25) is 4.79 Å². The molecule has 4 rings (SSSR count). The molecule has 0 spiro atoms. The van der Waals surface area contributed by atoms with Crippen molar-refractivity contribution in [3.8, 4) is 0 Å². The van der Waals surface area contributed by atoms with Crippen molar-refractivity contribution in [2.75, 3.05) is 5.32 Å². The van der Waals surface area contributed by atoms with Crippen LogP contribution in [0.25, 0.3) is 22.6 Å². The first-order valence-electron chi connectivity index (χ1n) is 6.72. The number of carbonyl (C=O) groups excluding carboxylic acids is 1. The normalized spacial score (nSPS) is 15.4.